The summed E-state index contributed by atoms with van der Waals surface area (Å²) in [6.07, 6.45) is 3.99. The molecular weight excluding hydrogens is 242 g/mol. The third kappa shape index (κ3) is 3.32. The normalized spacial score (nSPS) is 19.4. The van der Waals surface area contributed by atoms with Gasteiger partial charge in [0.1, 0.15) is 5.82 Å². The molecule has 106 valence electrons. The Labute approximate surface area is 114 Å². The first kappa shape index (κ1) is 14.0. The molecule has 1 aromatic heterocycles. The maximum absolute atomic E-state index is 12.4. The van der Waals surface area contributed by atoms with E-state index in [1.54, 1.807) is 0 Å². The van der Waals surface area contributed by atoms with Crippen LogP contribution in [0.4, 0.5) is 0 Å². The standard InChI is InChI=1S/C13H23N5O/c1-3-6-11-15-12(17-16-11)13(19)18(4-2)10-7-5-8-14-9-10/h10,14H,3-9H2,1-2H3,(H,15,16,17). The molecule has 1 aromatic rings. The summed E-state index contributed by atoms with van der Waals surface area (Å²) in [5, 5.41) is 10.2. The van der Waals surface area contributed by atoms with Gasteiger partial charge in [0.2, 0.25) is 5.82 Å². The van der Waals surface area contributed by atoms with Crippen LogP contribution >= 0.6 is 0 Å². The summed E-state index contributed by atoms with van der Waals surface area (Å²) in [7, 11) is 0. The van der Waals surface area contributed by atoms with Gasteiger partial charge >= 0.3 is 0 Å². The SMILES string of the molecule is CCCc1nc(C(=O)N(CC)C2CCCNC2)n[nH]1. The van der Waals surface area contributed by atoms with Gasteiger partial charge in [-0.1, -0.05) is 6.92 Å². The Morgan fingerprint density at radius 1 is 1.47 bits per heavy atom. The number of carbonyl (C=O) groups excluding carboxylic acids is 1. The lowest BCUT2D eigenvalue weighted by atomic mass is 10.1. The second-order valence-corrected chi connectivity index (χ2v) is 4.95. The molecule has 0 saturated carbocycles. The van der Waals surface area contributed by atoms with Gasteiger partial charge in [0.15, 0.2) is 0 Å². The minimum Gasteiger partial charge on any atom is -0.332 e. The van der Waals surface area contributed by atoms with E-state index in [0.29, 0.717) is 12.4 Å². The number of hydrogen-bond acceptors (Lipinski definition) is 4. The Hall–Kier alpha value is -1.43. The van der Waals surface area contributed by atoms with Crippen molar-refractivity contribution < 1.29 is 4.79 Å². The fourth-order valence-corrected chi connectivity index (χ4v) is 2.54. The lowest BCUT2D eigenvalue weighted by molar-refractivity contribution is 0.0650. The van der Waals surface area contributed by atoms with E-state index < -0.39 is 0 Å². The molecule has 1 unspecified atom stereocenters. The van der Waals surface area contributed by atoms with E-state index in [1.807, 2.05) is 11.8 Å². The second-order valence-electron chi connectivity index (χ2n) is 4.95. The molecule has 2 heterocycles. The Morgan fingerprint density at radius 2 is 2.32 bits per heavy atom. The van der Waals surface area contributed by atoms with E-state index in [2.05, 4.69) is 27.4 Å². The van der Waals surface area contributed by atoms with E-state index in [9.17, 15) is 4.79 Å². The number of hydrogen-bond donors (Lipinski definition) is 2. The zero-order chi connectivity index (χ0) is 13.7. The number of carbonyl (C=O) groups is 1. The van der Waals surface area contributed by atoms with E-state index in [1.165, 1.54) is 0 Å². The average Bonchev–Trinajstić information content (AvgIpc) is 2.90. The molecule has 1 atom stereocenters. The second kappa shape index (κ2) is 6.65. The van der Waals surface area contributed by atoms with Crippen molar-refractivity contribution in [3.05, 3.63) is 11.6 Å². The van der Waals surface area contributed by atoms with E-state index >= 15 is 0 Å². The number of rotatable bonds is 5. The van der Waals surface area contributed by atoms with Crippen LogP contribution in [0.2, 0.25) is 0 Å². The van der Waals surface area contributed by atoms with Crippen LogP contribution in [0.5, 0.6) is 0 Å². The van der Waals surface area contributed by atoms with Crippen molar-refractivity contribution >= 4 is 5.91 Å². The molecule has 1 saturated heterocycles. The van der Waals surface area contributed by atoms with Crippen molar-refractivity contribution in [2.24, 2.45) is 0 Å². The smallest absolute Gasteiger partial charge is 0.293 e. The van der Waals surface area contributed by atoms with Crippen LogP contribution in [0.15, 0.2) is 0 Å². The molecule has 0 aromatic carbocycles. The first-order valence-corrected chi connectivity index (χ1v) is 7.19. The van der Waals surface area contributed by atoms with Crippen LogP contribution in [0, 0.1) is 0 Å². The summed E-state index contributed by atoms with van der Waals surface area (Å²) in [5.74, 6) is 1.04. The number of aryl methyl sites for hydroxylation is 1. The number of piperidine rings is 1. The first-order valence-electron chi connectivity index (χ1n) is 7.19. The topological polar surface area (TPSA) is 73.9 Å². The zero-order valence-corrected chi connectivity index (χ0v) is 11.8. The number of amides is 1. The minimum atomic E-state index is -0.0604. The molecule has 1 fully saturated rings. The van der Waals surface area contributed by atoms with Crippen LogP contribution in [0.25, 0.3) is 0 Å². The molecule has 1 aliphatic heterocycles. The lowest BCUT2D eigenvalue weighted by Gasteiger charge is -2.33. The number of aromatic amines is 1. The molecule has 1 aliphatic rings. The Kier molecular flexibility index (Phi) is 4.90. The van der Waals surface area contributed by atoms with Gasteiger partial charge < -0.3 is 10.2 Å². The number of nitrogens with zero attached hydrogens (tertiary/aromatic N) is 3. The highest BCUT2D eigenvalue weighted by Crippen LogP contribution is 2.12. The summed E-state index contributed by atoms with van der Waals surface area (Å²) in [6, 6.07) is 0.263. The molecule has 0 aliphatic carbocycles. The Balaban J connectivity index is 2.05. The lowest BCUT2D eigenvalue weighted by Crippen LogP contribution is -2.48. The van der Waals surface area contributed by atoms with Crippen molar-refractivity contribution in [3.8, 4) is 0 Å². The monoisotopic (exact) mass is 265 g/mol. The minimum absolute atomic E-state index is 0.0604. The van der Waals surface area contributed by atoms with Crippen molar-refractivity contribution in [3.63, 3.8) is 0 Å². The predicted molar refractivity (Wildman–Crippen MR) is 73.0 cm³/mol. The van der Waals surface area contributed by atoms with Crippen LogP contribution in [0.3, 0.4) is 0 Å². The van der Waals surface area contributed by atoms with Gasteiger partial charge in [-0.2, -0.15) is 0 Å². The molecule has 2 N–H and O–H groups in total. The molecule has 0 bridgehead atoms. The zero-order valence-electron chi connectivity index (χ0n) is 11.8. The fourth-order valence-electron chi connectivity index (χ4n) is 2.54. The summed E-state index contributed by atoms with van der Waals surface area (Å²) < 4.78 is 0. The maximum atomic E-state index is 12.4. The van der Waals surface area contributed by atoms with Gasteiger partial charge in [0, 0.05) is 25.6 Å². The number of H-pyrrole nitrogens is 1. The number of aromatic nitrogens is 3. The molecule has 19 heavy (non-hydrogen) atoms. The molecule has 0 spiro atoms. The van der Waals surface area contributed by atoms with Crippen LogP contribution in [-0.4, -0.2) is 51.7 Å². The van der Waals surface area contributed by atoms with Crippen molar-refractivity contribution in [1.29, 1.82) is 0 Å². The van der Waals surface area contributed by atoms with Crippen molar-refractivity contribution in [1.82, 2.24) is 25.4 Å². The Bertz CT molecular complexity index is 411. The maximum Gasteiger partial charge on any atom is 0.293 e. The fraction of sp³-hybridized carbons (Fsp3) is 0.769. The third-order valence-electron chi connectivity index (χ3n) is 3.52. The van der Waals surface area contributed by atoms with Crippen LogP contribution in [-0.2, 0) is 6.42 Å². The third-order valence-corrected chi connectivity index (χ3v) is 3.52. The quantitative estimate of drug-likeness (QED) is 0.832. The van der Waals surface area contributed by atoms with Gasteiger partial charge in [-0.25, -0.2) is 4.98 Å². The number of likely N-dealkylation sites (N-methyl/N-ethyl adjacent to an activating group) is 1. The van der Waals surface area contributed by atoms with Gasteiger partial charge in [-0.15, -0.1) is 5.10 Å². The molecule has 2 rings (SSSR count). The van der Waals surface area contributed by atoms with E-state index in [0.717, 1.165) is 44.6 Å². The first-order chi connectivity index (χ1) is 9.26. The largest absolute Gasteiger partial charge is 0.332 e. The predicted octanol–water partition coefficient (Wildman–Crippen LogP) is 0.971. The van der Waals surface area contributed by atoms with E-state index in [-0.39, 0.29) is 11.9 Å². The van der Waals surface area contributed by atoms with Crippen molar-refractivity contribution in [2.45, 2.75) is 45.6 Å². The van der Waals surface area contributed by atoms with Gasteiger partial charge in [-0.3, -0.25) is 9.89 Å². The Morgan fingerprint density at radius 3 is 2.95 bits per heavy atom. The summed E-state index contributed by atoms with van der Waals surface area (Å²) in [5.41, 5.74) is 0. The van der Waals surface area contributed by atoms with Crippen molar-refractivity contribution in [2.75, 3.05) is 19.6 Å². The molecular formula is C13H23N5O. The summed E-state index contributed by atoms with van der Waals surface area (Å²) in [4.78, 5) is 18.6. The molecule has 6 heteroatoms. The molecule has 0 radical (unpaired) electrons. The number of nitrogens with one attached hydrogen (secondary N) is 2. The van der Waals surface area contributed by atoms with Crippen LogP contribution < -0.4 is 5.32 Å². The summed E-state index contributed by atoms with van der Waals surface area (Å²) >= 11 is 0. The van der Waals surface area contributed by atoms with Gasteiger partial charge in [-0.05, 0) is 32.7 Å². The van der Waals surface area contributed by atoms with Gasteiger partial charge in [0.05, 0.1) is 0 Å². The van der Waals surface area contributed by atoms with Gasteiger partial charge in [0.25, 0.3) is 5.91 Å². The highest BCUT2D eigenvalue weighted by Gasteiger charge is 2.27. The van der Waals surface area contributed by atoms with E-state index in [4.69, 9.17) is 0 Å². The summed E-state index contributed by atoms with van der Waals surface area (Å²) in [6.45, 7) is 6.69. The molecule has 6 nitrogen and oxygen atoms in total. The highest BCUT2D eigenvalue weighted by molar-refractivity contribution is 5.90. The average molecular weight is 265 g/mol. The molecule has 1 amide bonds. The highest BCUT2D eigenvalue weighted by atomic mass is 16.2. The van der Waals surface area contributed by atoms with Crippen LogP contribution in [0.1, 0.15) is 49.6 Å².